The maximum Gasteiger partial charge on any atom is 0.0930 e. The Morgan fingerprint density at radius 3 is 2.88 bits per heavy atom. The van der Waals surface area contributed by atoms with Gasteiger partial charge in [0.25, 0.3) is 0 Å². The predicted octanol–water partition coefficient (Wildman–Crippen LogP) is 0.929. The van der Waals surface area contributed by atoms with E-state index in [9.17, 15) is 0 Å². The largest absolute Gasteiger partial charge is 0.401 e. The molecule has 0 aromatic carbocycles. The van der Waals surface area contributed by atoms with Gasteiger partial charge in [-0.15, -0.1) is 6.58 Å². The maximum absolute atomic E-state index is 8.02. The van der Waals surface area contributed by atoms with Crippen LogP contribution in [0.3, 0.4) is 0 Å². The van der Waals surface area contributed by atoms with Gasteiger partial charge in [0, 0.05) is 18.2 Å². The topological polar surface area (TPSA) is 49.8 Å². The van der Waals surface area contributed by atoms with Gasteiger partial charge in [0.05, 0.1) is 6.07 Å². The van der Waals surface area contributed by atoms with Crippen LogP contribution in [-0.2, 0) is 0 Å². The van der Waals surface area contributed by atoms with Crippen LogP contribution in [0, 0.1) is 11.3 Å². The molecule has 0 heterocycles. The van der Waals surface area contributed by atoms with Crippen molar-refractivity contribution in [2.24, 2.45) is 5.73 Å². The quantitative estimate of drug-likeness (QED) is 0.422. The predicted molar refractivity (Wildman–Crippen MR) is 32.7 cm³/mol. The Labute approximate surface area is 48.9 Å². The average Bonchev–Trinajstić information content (AvgIpc) is 1.68. The van der Waals surface area contributed by atoms with Crippen LogP contribution >= 0.6 is 0 Å². The summed E-state index contributed by atoms with van der Waals surface area (Å²) in [6.07, 6.45) is 3.55. The van der Waals surface area contributed by atoms with Gasteiger partial charge in [-0.3, -0.25) is 0 Å². The van der Waals surface area contributed by atoms with Crippen molar-refractivity contribution in [3.8, 4) is 6.07 Å². The van der Waals surface area contributed by atoms with Crippen molar-refractivity contribution in [1.82, 2.24) is 0 Å². The normalized spacial score (nSPS) is 10.1. The van der Waals surface area contributed by atoms with Crippen LogP contribution in [0.5, 0.6) is 0 Å². The van der Waals surface area contributed by atoms with Crippen LogP contribution in [0.4, 0.5) is 0 Å². The third-order valence-electron chi connectivity index (χ3n) is 0.630. The molecule has 0 fully saturated rings. The minimum Gasteiger partial charge on any atom is -0.401 e. The zero-order valence-corrected chi connectivity index (χ0v) is 4.59. The van der Waals surface area contributed by atoms with Crippen molar-refractivity contribution in [2.75, 3.05) is 0 Å². The van der Waals surface area contributed by atoms with E-state index in [0.717, 1.165) is 0 Å². The van der Waals surface area contributed by atoms with Crippen LogP contribution in [0.1, 0.15) is 6.42 Å². The Hall–Kier alpha value is -1.23. The molecule has 0 radical (unpaired) electrons. The van der Waals surface area contributed by atoms with Crippen LogP contribution in [-0.4, -0.2) is 0 Å². The second-order valence-corrected chi connectivity index (χ2v) is 1.34. The number of nitrogens with two attached hydrogens (primary N) is 1. The Kier molecular flexibility index (Phi) is 3.34. The molecule has 0 bridgehead atoms. The summed E-state index contributed by atoms with van der Waals surface area (Å²) < 4.78 is 0. The summed E-state index contributed by atoms with van der Waals surface area (Å²) in [4.78, 5) is 0. The number of nitriles is 1. The highest BCUT2D eigenvalue weighted by Gasteiger charge is 1.79. The molecule has 2 nitrogen and oxygen atoms in total. The second kappa shape index (κ2) is 3.94. The van der Waals surface area contributed by atoms with Gasteiger partial charge in [0.15, 0.2) is 0 Å². The van der Waals surface area contributed by atoms with Gasteiger partial charge in [0.2, 0.25) is 0 Å². The third kappa shape index (κ3) is 2.98. The molecule has 2 N–H and O–H groups in total. The lowest BCUT2D eigenvalue weighted by Crippen LogP contribution is -1.93. The fraction of sp³-hybridized carbons (Fsp3) is 0.167. The molecule has 42 valence electrons. The molecule has 0 aliphatic rings. The molecular weight excluding hydrogens is 100 g/mol. The summed E-state index contributed by atoms with van der Waals surface area (Å²) in [7, 11) is 0. The van der Waals surface area contributed by atoms with Gasteiger partial charge in [-0.05, 0) is 0 Å². The highest BCUT2D eigenvalue weighted by Crippen LogP contribution is 1.89. The molecule has 8 heavy (non-hydrogen) atoms. The molecule has 0 saturated carbocycles. The zero-order chi connectivity index (χ0) is 6.41. The van der Waals surface area contributed by atoms with E-state index >= 15 is 0 Å². The molecule has 0 rings (SSSR count). The SMILES string of the molecule is C=CCC(N)=CC#N. The van der Waals surface area contributed by atoms with Crippen LogP contribution in [0.2, 0.25) is 0 Å². The van der Waals surface area contributed by atoms with Gasteiger partial charge in [0.1, 0.15) is 0 Å². The molecule has 0 aliphatic heterocycles. The van der Waals surface area contributed by atoms with E-state index in [4.69, 9.17) is 11.0 Å². The van der Waals surface area contributed by atoms with Gasteiger partial charge in [-0.2, -0.15) is 5.26 Å². The minimum absolute atomic E-state index is 0.558. The first-order valence-electron chi connectivity index (χ1n) is 2.26. The number of nitrogens with zero attached hydrogens (tertiary/aromatic N) is 1. The third-order valence-corrected chi connectivity index (χ3v) is 0.630. The van der Waals surface area contributed by atoms with Crippen molar-refractivity contribution >= 4 is 0 Å². The molecule has 2 heteroatoms. The molecule has 0 aromatic heterocycles. The van der Waals surface area contributed by atoms with E-state index < -0.39 is 0 Å². The molecule has 0 aliphatic carbocycles. The maximum atomic E-state index is 8.02. The number of rotatable bonds is 2. The monoisotopic (exact) mass is 108 g/mol. The number of hydrogen-bond donors (Lipinski definition) is 1. The first-order valence-corrected chi connectivity index (χ1v) is 2.26. The van der Waals surface area contributed by atoms with Gasteiger partial charge < -0.3 is 5.73 Å². The molecule has 0 aromatic rings. The summed E-state index contributed by atoms with van der Waals surface area (Å²) in [6.45, 7) is 3.45. The summed E-state index contributed by atoms with van der Waals surface area (Å²) in [6, 6.07) is 1.82. The van der Waals surface area contributed by atoms with E-state index in [1.807, 2.05) is 6.07 Å². The lowest BCUT2D eigenvalue weighted by molar-refractivity contribution is 1.17. The molecule has 0 saturated heterocycles. The standard InChI is InChI=1S/C6H8N2/c1-2-3-6(8)4-5-7/h2,4H,1,3,8H2. The van der Waals surface area contributed by atoms with Crippen molar-refractivity contribution < 1.29 is 0 Å². The first kappa shape index (κ1) is 6.77. The van der Waals surface area contributed by atoms with Crippen molar-refractivity contribution in [3.05, 3.63) is 24.4 Å². The van der Waals surface area contributed by atoms with Crippen LogP contribution in [0.25, 0.3) is 0 Å². The highest BCUT2D eigenvalue weighted by molar-refractivity contribution is 5.12. The van der Waals surface area contributed by atoms with Gasteiger partial charge in [-0.1, -0.05) is 6.08 Å². The zero-order valence-electron chi connectivity index (χ0n) is 4.59. The highest BCUT2D eigenvalue weighted by atomic mass is 14.6. The van der Waals surface area contributed by atoms with E-state index in [1.165, 1.54) is 6.08 Å². The van der Waals surface area contributed by atoms with Crippen LogP contribution < -0.4 is 5.73 Å². The minimum atomic E-state index is 0.558. The lowest BCUT2D eigenvalue weighted by atomic mass is 10.3. The fourth-order valence-corrected chi connectivity index (χ4v) is 0.309. The molecule has 0 atom stereocenters. The van der Waals surface area contributed by atoms with Crippen molar-refractivity contribution in [3.63, 3.8) is 0 Å². The molecule has 0 spiro atoms. The Morgan fingerprint density at radius 2 is 2.50 bits per heavy atom. The summed E-state index contributed by atoms with van der Waals surface area (Å²) in [5.74, 6) is 0. The average molecular weight is 108 g/mol. The lowest BCUT2D eigenvalue weighted by Gasteiger charge is -1.87. The van der Waals surface area contributed by atoms with E-state index in [2.05, 4.69) is 6.58 Å². The van der Waals surface area contributed by atoms with Crippen molar-refractivity contribution in [1.29, 1.82) is 5.26 Å². The number of hydrogen-bond acceptors (Lipinski definition) is 2. The van der Waals surface area contributed by atoms with E-state index in [1.54, 1.807) is 6.08 Å². The summed E-state index contributed by atoms with van der Waals surface area (Å²) in [5.41, 5.74) is 5.82. The summed E-state index contributed by atoms with van der Waals surface area (Å²) >= 11 is 0. The number of allylic oxidation sites excluding steroid dienone is 2. The first-order chi connectivity index (χ1) is 3.81. The van der Waals surface area contributed by atoms with Crippen molar-refractivity contribution in [2.45, 2.75) is 6.42 Å². The Morgan fingerprint density at radius 1 is 1.88 bits per heavy atom. The Bertz CT molecular complexity index is 139. The van der Waals surface area contributed by atoms with Crippen LogP contribution in [0.15, 0.2) is 24.4 Å². The molecule has 0 amide bonds. The summed E-state index contributed by atoms with van der Waals surface area (Å²) in [5, 5.41) is 8.02. The smallest absolute Gasteiger partial charge is 0.0930 e. The van der Waals surface area contributed by atoms with Gasteiger partial charge in [-0.25, -0.2) is 0 Å². The van der Waals surface area contributed by atoms with E-state index in [0.29, 0.717) is 12.1 Å². The fourth-order valence-electron chi connectivity index (χ4n) is 0.309. The van der Waals surface area contributed by atoms with E-state index in [-0.39, 0.29) is 0 Å². The molecular formula is C6H8N2. The second-order valence-electron chi connectivity index (χ2n) is 1.34. The Balaban J connectivity index is 3.65. The van der Waals surface area contributed by atoms with Gasteiger partial charge >= 0.3 is 0 Å². The molecule has 0 unspecified atom stereocenters.